The van der Waals surface area contributed by atoms with Crippen LogP contribution >= 0.6 is 0 Å². The maximum atomic E-state index is 12.7. The molecule has 1 aliphatic rings. The molecule has 1 aliphatic heterocycles. The highest BCUT2D eigenvalue weighted by Crippen LogP contribution is 2.18. The van der Waals surface area contributed by atoms with Crippen LogP contribution in [0.1, 0.15) is 38.3 Å². The molecule has 3 amide bonds. The van der Waals surface area contributed by atoms with Crippen LogP contribution in [0.5, 0.6) is 0 Å². The molecule has 24 heavy (non-hydrogen) atoms. The third kappa shape index (κ3) is 5.08. The Kier molecular flexibility index (Phi) is 6.35. The van der Waals surface area contributed by atoms with E-state index >= 15 is 0 Å². The fraction of sp³-hybridized carbons (Fsp3) is 0.500. The fourth-order valence-corrected chi connectivity index (χ4v) is 2.97. The minimum Gasteiger partial charge on any atom is -0.349 e. The normalized spacial score (nSPS) is 16.2. The quantitative estimate of drug-likeness (QED) is 0.905. The van der Waals surface area contributed by atoms with Gasteiger partial charge in [0.25, 0.3) is 0 Å². The molecule has 1 aromatic rings. The summed E-state index contributed by atoms with van der Waals surface area (Å²) in [6, 6.07) is 9.18. The van der Waals surface area contributed by atoms with Crippen molar-refractivity contribution in [1.29, 1.82) is 0 Å². The summed E-state index contributed by atoms with van der Waals surface area (Å²) < 4.78 is 0. The van der Waals surface area contributed by atoms with Crippen molar-refractivity contribution in [3.8, 4) is 0 Å². The van der Waals surface area contributed by atoms with Crippen molar-refractivity contribution in [1.82, 2.24) is 15.1 Å². The van der Waals surface area contributed by atoms with Gasteiger partial charge in [-0.1, -0.05) is 30.3 Å². The van der Waals surface area contributed by atoms with Gasteiger partial charge >= 0.3 is 0 Å². The van der Waals surface area contributed by atoms with Crippen molar-refractivity contribution in [2.45, 2.75) is 32.7 Å². The van der Waals surface area contributed by atoms with Gasteiger partial charge in [0.1, 0.15) is 0 Å². The molecule has 1 heterocycles. The van der Waals surface area contributed by atoms with Gasteiger partial charge in [0.15, 0.2) is 0 Å². The Bertz CT molecular complexity index is 588. The largest absolute Gasteiger partial charge is 0.349 e. The zero-order chi connectivity index (χ0) is 17.5. The lowest BCUT2D eigenvalue weighted by Crippen LogP contribution is -2.38. The van der Waals surface area contributed by atoms with Crippen molar-refractivity contribution < 1.29 is 14.4 Å². The molecule has 0 aliphatic carbocycles. The maximum Gasteiger partial charge on any atom is 0.225 e. The molecular weight excluding hydrogens is 306 g/mol. The van der Waals surface area contributed by atoms with Gasteiger partial charge in [-0.2, -0.15) is 0 Å². The molecule has 6 nitrogen and oxygen atoms in total. The first kappa shape index (κ1) is 18.0. The van der Waals surface area contributed by atoms with Crippen LogP contribution in [0, 0.1) is 0 Å². The van der Waals surface area contributed by atoms with E-state index < -0.39 is 0 Å². The SMILES string of the molecule is CC(=O)NC(CC(=O)N1CCCN(C(C)=O)CC1)c1ccccc1. The highest BCUT2D eigenvalue weighted by molar-refractivity contribution is 5.79. The highest BCUT2D eigenvalue weighted by Gasteiger charge is 2.24. The van der Waals surface area contributed by atoms with Gasteiger partial charge in [-0.25, -0.2) is 0 Å². The Morgan fingerprint density at radius 2 is 1.62 bits per heavy atom. The smallest absolute Gasteiger partial charge is 0.225 e. The van der Waals surface area contributed by atoms with Crippen LogP contribution in [0.15, 0.2) is 30.3 Å². The van der Waals surface area contributed by atoms with Crippen molar-refractivity contribution in [2.24, 2.45) is 0 Å². The first-order chi connectivity index (χ1) is 11.5. The first-order valence-corrected chi connectivity index (χ1v) is 8.32. The molecule has 1 aromatic carbocycles. The minimum absolute atomic E-state index is 0.00278. The number of benzene rings is 1. The number of hydrogen-bond donors (Lipinski definition) is 1. The molecule has 2 rings (SSSR count). The monoisotopic (exact) mass is 331 g/mol. The van der Waals surface area contributed by atoms with E-state index in [2.05, 4.69) is 5.32 Å². The summed E-state index contributed by atoms with van der Waals surface area (Å²) in [7, 11) is 0. The van der Waals surface area contributed by atoms with Gasteiger partial charge in [-0.3, -0.25) is 14.4 Å². The van der Waals surface area contributed by atoms with Crippen molar-refractivity contribution >= 4 is 17.7 Å². The summed E-state index contributed by atoms with van der Waals surface area (Å²) in [4.78, 5) is 39.2. The van der Waals surface area contributed by atoms with Gasteiger partial charge in [0, 0.05) is 40.0 Å². The Morgan fingerprint density at radius 3 is 2.25 bits per heavy atom. The number of nitrogens with zero attached hydrogens (tertiary/aromatic N) is 2. The fourth-order valence-electron chi connectivity index (χ4n) is 2.97. The van der Waals surface area contributed by atoms with Gasteiger partial charge < -0.3 is 15.1 Å². The Balaban J connectivity index is 2.02. The van der Waals surface area contributed by atoms with Gasteiger partial charge in [0.2, 0.25) is 17.7 Å². The summed E-state index contributed by atoms with van der Waals surface area (Å²) >= 11 is 0. The third-order valence-electron chi connectivity index (χ3n) is 4.25. The lowest BCUT2D eigenvalue weighted by Gasteiger charge is -2.25. The topological polar surface area (TPSA) is 69.7 Å². The molecule has 1 N–H and O–H groups in total. The number of amides is 3. The Morgan fingerprint density at radius 1 is 1.00 bits per heavy atom. The number of carbonyl (C=O) groups excluding carboxylic acids is 3. The van der Waals surface area contributed by atoms with E-state index in [0.717, 1.165) is 12.0 Å². The van der Waals surface area contributed by atoms with Crippen molar-refractivity contribution in [2.75, 3.05) is 26.2 Å². The lowest BCUT2D eigenvalue weighted by molar-refractivity contribution is -0.133. The van der Waals surface area contributed by atoms with Crippen LogP contribution in [0.25, 0.3) is 0 Å². The number of carbonyl (C=O) groups is 3. The molecule has 1 atom stereocenters. The summed E-state index contributed by atoms with van der Waals surface area (Å²) in [5.41, 5.74) is 0.918. The number of nitrogens with one attached hydrogen (secondary N) is 1. The lowest BCUT2D eigenvalue weighted by atomic mass is 10.0. The van der Waals surface area contributed by atoms with Crippen molar-refractivity contribution in [3.63, 3.8) is 0 Å². The van der Waals surface area contributed by atoms with E-state index in [4.69, 9.17) is 0 Å². The molecular formula is C18H25N3O3. The predicted octanol–water partition coefficient (Wildman–Crippen LogP) is 1.33. The average Bonchev–Trinajstić information content (AvgIpc) is 2.81. The van der Waals surface area contributed by atoms with Crippen LogP contribution in [-0.4, -0.2) is 53.7 Å². The maximum absolute atomic E-state index is 12.7. The summed E-state index contributed by atoms with van der Waals surface area (Å²) in [5, 5.41) is 2.86. The standard InChI is InChI=1S/C18H25N3O3/c1-14(22)19-17(16-7-4-3-5-8-16)13-18(24)21-10-6-9-20(11-12-21)15(2)23/h3-5,7-8,17H,6,9-13H2,1-2H3,(H,19,22). The molecule has 0 bridgehead atoms. The van der Waals surface area contributed by atoms with E-state index in [-0.39, 0.29) is 30.2 Å². The van der Waals surface area contributed by atoms with E-state index in [0.29, 0.717) is 26.2 Å². The van der Waals surface area contributed by atoms with Crippen LogP contribution < -0.4 is 5.32 Å². The second kappa shape index (κ2) is 8.47. The molecule has 1 saturated heterocycles. The van der Waals surface area contributed by atoms with Gasteiger partial charge in [-0.05, 0) is 12.0 Å². The average molecular weight is 331 g/mol. The summed E-state index contributed by atoms with van der Waals surface area (Å²) in [6.07, 6.45) is 1.01. The molecule has 1 fully saturated rings. The molecule has 0 radical (unpaired) electrons. The van der Waals surface area contributed by atoms with Crippen LogP contribution in [0.4, 0.5) is 0 Å². The predicted molar refractivity (Wildman–Crippen MR) is 91.1 cm³/mol. The Hall–Kier alpha value is -2.37. The van der Waals surface area contributed by atoms with Crippen LogP contribution in [0.3, 0.4) is 0 Å². The Labute approximate surface area is 142 Å². The number of rotatable bonds is 4. The number of hydrogen-bond acceptors (Lipinski definition) is 3. The summed E-state index contributed by atoms with van der Waals surface area (Å²) in [6.45, 7) is 5.45. The van der Waals surface area contributed by atoms with Gasteiger partial charge in [-0.15, -0.1) is 0 Å². The molecule has 0 saturated carbocycles. The van der Waals surface area contributed by atoms with E-state index in [1.165, 1.54) is 6.92 Å². The minimum atomic E-state index is -0.330. The van der Waals surface area contributed by atoms with Crippen LogP contribution in [-0.2, 0) is 14.4 Å². The zero-order valence-corrected chi connectivity index (χ0v) is 14.3. The van der Waals surface area contributed by atoms with Crippen LogP contribution in [0.2, 0.25) is 0 Å². The molecule has 0 spiro atoms. The molecule has 130 valence electrons. The third-order valence-corrected chi connectivity index (χ3v) is 4.25. The highest BCUT2D eigenvalue weighted by atomic mass is 16.2. The second-order valence-corrected chi connectivity index (χ2v) is 6.11. The van der Waals surface area contributed by atoms with Crippen molar-refractivity contribution in [3.05, 3.63) is 35.9 Å². The summed E-state index contributed by atoms with van der Waals surface area (Å²) in [5.74, 6) is -0.108. The zero-order valence-electron chi connectivity index (χ0n) is 14.3. The van der Waals surface area contributed by atoms with E-state index in [9.17, 15) is 14.4 Å². The second-order valence-electron chi connectivity index (χ2n) is 6.11. The first-order valence-electron chi connectivity index (χ1n) is 8.32. The van der Waals surface area contributed by atoms with E-state index in [1.54, 1.807) is 16.7 Å². The molecule has 6 heteroatoms. The molecule has 1 unspecified atom stereocenters. The van der Waals surface area contributed by atoms with Gasteiger partial charge in [0.05, 0.1) is 12.5 Å². The molecule has 0 aromatic heterocycles. The van der Waals surface area contributed by atoms with E-state index in [1.807, 2.05) is 30.3 Å².